The van der Waals surface area contributed by atoms with Crippen LogP contribution in [-0.2, 0) is 0 Å². The molecule has 0 spiro atoms. The fraction of sp³-hybridized carbons (Fsp3) is 1.00. The molecule has 1 unspecified atom stereocenters. The highest BCUT2D eigenvalue weighted by molar-refractivity contribution is 4.64. The first kappa shape index (κ1) is 20.2. The van der Waals surface area contributed by atoms with Crippen LogP contribution in [0.4, 0.5) is 0 Å². The van der Waals surface area contributed by atoms with Crippen molar-refractivity contribution in [3.8, 4) is 0 Å². The molecule has 0 aromatic heterocycles. The van der Waals surface area contributed by atoms with Crippen LogP contribution in [-0.4, -0.2) is 56.1 Å². The second kappa shape index (κ2) is 14.9. The first-order valence-electron chi connectivity index (χ1n) is 7.78. The highest BCUT2D eigenvalue weighted by Gasteiger charge is 2.09. The van der Waals surface area contributed by atoms with Gasteiger partial charge in [-0.15, -0.1) is 0 Å². The number of likely N-dealkylation sites (N-methyl/N-ethyl adjacent to an activating group) is 2. The molecule has 2 N–H and O–H groups in total. The molecule has 0 aromatic carbocycles. The highest BCUT2D eigenvalue weighted by atomic mass is 15.2. The van der Waals surface area contributed by atoms with E-state index in [0.717, 1.165) is 32.0 Å². The maximum Gasteiger partial charge on any atom is 0.0109 e. The van der Waals surface area contributed by atoms with E-state index in [-0.39, 0.29) is 0 Å². The number of hydrogen-bond acceptors (Lipinski definition) is 3. The normalized spacial score (nSPS) is 12.5. The maximum absolute atomic E-state index is 5.62. The third-order valence-electron chi connectivity index (χ3n) is 3.41. The summed E-state index contributed by atoms with van der Waals surface area (Å²) < 4.78 is 0. The molecule has 0 aromatic rings. The Hall–Kier alpha value is -0.120. The summed E-state index contributed by atoms with van der Waals surface area (Å²) in [6.45, 7) is 17.4. The quantitative estimate of drug-likeness (QED) is 0.655. The molecule has 1 atom stereocenters. The highest BCUT2D eigenvalue weighted by Crippen LogP contribution is 2.08. The van der Waals surface area contributed by atoms with Crippen LogP contribution in [0.2, 0.25) is 0 Å². The van der Waals surface area contributed by atoms with Crippen LogP contribution in [0.15, 0.2) is 0 Å². The largest absolute Gasteiger partial charge is 0.330 e. The van der Waals surface area contributed by atoms with Gasteiger partial charge in [0.1, 0.15) is 0 Å². The van der Waals surface area contributed by atoms with E-state index < -0.39 is 0 Å². The monoisotopic (exact) mass is 259 g/mol. The first-order valence-corrected chi connectivity index (χ1v) is 7.78. The van der Waals surface area contributed by atoms with Gasteiger partial charge < -0.3 is 15.5 Å². The molecular weight excluding hydrogens is 222 g/mol. The van der Waals surface area contributed by atoms with Gasteiger partial charge in [-0.25, -0.2) is 0 Å². The van der Waals surface area contributed by atoms with Crippen molar-refractivity contribution in [2.75, 3.05) is 46.3 Å². The minimum atomic E-state index is 0.770. The molecular formula is C15H37N3. The van der Waals surface area contributed by atoms with Gasteiger partial charge in [0.15, 0.2) is 0 Å². The van der Waals surface area contributed by atoms with E-state index in [2.05, 4.69) is 37.6 Å². The molecule has 0 saturated heterocycles. The first-order chi connectivity index (χ1) is 8.67. The van der Waals surface area contributed by atoms with Crippen molar-refractivity contribution in [3.63, 3.8) is 0 Å². The Morgan fingerprint density at radius 1 is 1.00 bits per heavy atom. The van der Waals surface area contributed by atoms with Gasteiger partial charge in [0.25, 0.3) is 0 Å². The molecule has 3 nitrogen and oxygen atoms in total. The molecule has 0 rings (SSSR count). The zero-order valence-electron chi connectivity index (χ0n) is 13.7. The molecule has 3 heteroatoms. The number of nitrogens with two attached hydrogens (primary N) is 1. The van der Waals surface area contributed by atoms with Gasteiger partial charge in [0.05, 0.1) is 0 Å². The fourth-order valence-corrected chi connectivity index (χ4v) is 2.04. The van der Waals surface area contributed by atoms with Crippen LogP contribution in [0.5, 0.6) is 0 Å². The second-order valence-electron chi connectivity index (χ2n) is 4.64. The molecule has 0 aliphatic carbocycles. The third kappa shape index (κ3) is 11.0. The topological polar surface area (TPSA) is 32.5 Å². The van der Waals surface area contributed by atoms with E-state index in [1.54, 1.807) is 0 Å². The average Bonchev–Trinajstić information content (AvgIpc) is 2.41. The molecule has 0 aliphatic heterocycles. The summed E-state index contributed by atoms with van der Waals surface area (Å²) in [6, 6.07) is 0. The zero-order chi connectivity index (χ0) is 14.4. The van der Waals surface area contributed by atoms with Gasteiger partial charge in [-0.2, -0.15) is 0 Å². The van der Waals surface area contributed by atoms with E-state index in [9.17, 15) is 0 Å². The summed E-state index contributed by atoms with van der Waals surface area (Å²) in [7, 11) is 2.22. The number of rotatable bonds is 10. The van der Waals surface area contributed by atoms with Crippen molar-refractivity contribution in [3.05, 3.63) is 0 Å². The van der Waals surface area contributed by atoms with Gasteiger partial charge >= 0.3 is 0 Å². The SMILES string of the molecule is CC.CCC(CCN)CN(C)CCN(CC)CC. The molecule has 0 radical (unpaired) electrons. The summed E-state index contributed by atoms with van der Waals surface area (Å²) in [5.74, 6) is 0.770. The molecule has 0 saturated carbocycles. The number of hydrogen-bond donors (Lipinski definition) is 1. The predicted molar refractivity (Wildman–Crippen MR) is 84.1 cm³/mol. The van der Waals surface area contributed by atoms with E-state index in [4.69, 9.17) is 5.73 Å². The zero-order valence-corrected chi connectivity index (χ0v) is 13.7. The van der Waals surface area contributed by atoms with E-state index in [1.807, 2.05) is 13.8 Å². The minimum Gasteiger partial charge on any atom is -0.330 e. The van der Waals surface area contributed by atoms with Crippen LogP contribution < -0.4 is 5.73 Å². The Labute approximate surface area is 116 Å². The Bertz CT molecular complexity index is 147. The van der Waals surface area contributed by atoms with E-state index in [1.165, 1.54) is 26.1 Å². The molecule has 112 valence electrons. The Morgan fingerprint density at radius 2 is 1.56 bits per heavy atom. The summed E-state index contributed by atoms with van der Waals surface area (Å²) in [5, 5.41) is 0. The van der Waals surface area contributed by atoms with Gasteiger partial charge in [-0.05, 0) is 39.0 Å². The lowest BCUT2D eigenvalue weighted by Gasteiger charge is -2.26. The molecule has 0 aliphatic rings. The van der Waals surface area contributed by atoms with Crippen LogP contribution in [0.1, 0.15) is 47.5 Å². The van der Waals surface area contributed by atoms with Crippen LogP contribution in [0.3, 0.4) is 0 Å². The standard InChI is InChI=1S/C13H31N3.C2H6/c1-5-13(8-9-14)12-15(4)10-11-16(6-2)7-3;1-2/h13H,5-12,14H2,1-4H3;1-2H3. The van der Waals surface area contributed by atoms with Crippen molar-refractivity contribution in [1.29, 1.82) is 0 Å². The van der Waals surface area contributed by atoms with Crippen molar-refractivity contribution in [1.82, 2.24) is 9.80 Å². The average molecular weight is 259 g/mol. The van der Waals surface area contributed by atoms with Crippen molar-refractivity contribution in [2.24, 2.45) is 11.7 Å². The van der Waals surface area contributed by atoms with Crippen LogP contribution >= 0.6 is 0 Å². The third-order valence-corrected chi connectivity index (χ3v) is 3.41. The summed E-state index contributed by atoms with van der Waals surface area (Å²) >= 11 is 0. The Balaban J connectivity index is 0. The number of nitrogens with zero attached hydrogens (tertiary/aromatic N) is 2. The van der Waals surface area contributed by atoms with Crippen LogP contribution in [0, 0.1) is 5.92 Å². The fourth-order valence-electron chi connectivity index (χ4n) is 2.04. The van der Waals surface area contributed by atoms with Crippen LogP contribution in [0.25, 0.3) is 0 Å². The summed E-state index contributed by atoms with van der Waals surface area (Å²) in [6.07, 6.45) is 2.40. The van der Waals surface area contributed by atoms with E-state index in [0.29, 0.717) is 0 Å². The second-order valence-corrected chi connectivity index (χ2v) is 4.64. The molecule has 0 fully saturated rings. The van der Waals surface area contributed by atoms with E-state index >= 15 is 0 Å². The van der Waals surface area contributed by atoms with Gasteiger partial charge in [-0.1, -0.05) is 41.0 Å². The van der Waals surface area contributed by atoms with Crippen molar-refractivity contribution < 1.29 is 0 Å². The predicted octanol–water partition coefficient (Wildman–Crippen LogP) is 2.66. The van der Waals surface area contributed by atoms with Gasteiger partial charge in [0.2, 0.25) is 0 Å². The lowest BCUT2D eigenvalue weighted by atomic mass is 10.0. The Morgan fingerprint density at radius 3 is 1.94 bits per heavy atom. The molecule has 18 heavy (non-hydrogen) atoms. The summed E-state index contributed by atoms with van der Waals surface area (Å²) in [4.78, 5) is 4.92. The molecule has 0 amide bonds. The lowest BCUT2D eigenvalue weighted by molar-refractivity contribution is 0.214. The minimum absolute atomic E-state index is 0.770. The lowest BCUT2D eigenvalue weighted by Crippen LogP contribution is -2.35. The van der Waals surface area contributed by atoms with Gasteiger partial charge in [0, 0.05) is 19.6 Å². The molecule has 0 bridgehead atoms. The van der Waals surface area contributed by atoms with Crippen molar-refractivity contribution in [2.45, 2.75) is 47.5 Å². The molecule has 0 heterocycles. The van der Waals surface area contributed by atoms with Crippen molar-refractivity contribution >= 4 is 0 Å². The maximum atomic E-state index is 5.62. The smallest absolute Gasteiger partial charge is 0.0109 e. The summed E-state index contributed by atoms with van der Waals surface area (Å²) in [5.41, 5.74) is 5.62. The van der Waals surface area contributed by atoms with Gasteiger partial charge in [-0.3, -0.25) is 0 Å². The Kier molecular flexibility index (Phi) is 16.8.